The summed E-state index contributed by atoms with van der Waals surface area (Å²) in [6, 6.07) is -1.45. The van der Waals surface area contributed by atoms with E-state index in [9.17, 15) is 18.0 Å². The van der Waals surface area contributed by atoms with Crippen molar-refractivity contribution in [1.82, 2.24) is 20.4 Å². The second kappa shape index (κ2) is 9.29. The molecule has 1 amide bonds. The number of amides is 1. The minimum atomic E-state index is -4.21. The number of carbonyl (C=O) groups excluding carboxylic acids is 1. The van der Waals surface area contributed by atoms with Gasteiger partial charge in [-0.05, 0) is 27.7 Å². The highest BCUT2D eigenvalue weighted by atomic mass is 19.4. The summed E-state index contributed by atoms with van der Waals surface area (Å²) in [5.41, 5.74) is -0.555. The van der Waals surface area contributed by atoms with E-state index in [1.165, 1.54) is 11.8 Å². The number of ether oxygens (including phenoxy) is 1. The van der Waals surface area contributed by atoms with Crippen molar-refractivity contribution in [3.05, 3.63) is 0 Å². The number of aliphatic imine (C=N–C) groups is 1. The Morgan fingerprint density at radius 2 is 1.65 bits per heavy atom. The molecule has 0 aromatic rings. The number of hydrogen-bond donors (Lipinski definition) is 2. The monoisotopic (exact) mass is 381 g/mol. The normalized spacial score (nSPS) is 18.5. The summed E-state index contributed by atoms with van der Waals surface area (Å²) in [4.78, 5) is 19.0. The molecule has 0 aliphatic carbocycles. The second-order valence-corrected chi connectivity index (χ2v) is 7.14. The van der Waals surface area contributed by atoms with E-state index >= 15 is 0 Å². The molecule has 2 N–H and O–H groups in total. The van der Waals surface area contributed by atoms with E-state index < -0.39 is 23.9 Å². The first-order valence-corrected chi connectivity index (χ1v) is 8.67. The van der Waals surface area contributed by atoms with Gasteiger partial charge < -0.3 is 20.3 Å². The lowest BCUT2D eigenvalue weighted by atomic mass is 10.2. The van der Waals surface area contributed by atoms with Gasteiger partial charge in [0, 0.05) is 46.3 Å². The molecule has 1 aliphatic rings. The zero-order valence-corrected chi connectivity index (χ0v) is 16.1. The molecule has 152 valence electrons. The van der Waals surface area contributed by atoms with Gasteiger partial charge in [-0.3, -0.25) is 9.89 Å². The zero-order chi connectivity index (χ0) is 20.0. The van der Waals surface area contributed by atoms with Gasteiger partial charge in [0.1, 0.15) is 11.6 Å². The van der Waals surface area contributed by atoms with Crippen LogP contribution in [0.5, 0.6) is 0 Å². The number of hydrogen-bond acceptors (Lipinski definition) is 4. The van der Waals surface area contributed by atoms with E-state index in [0.29, 0.717) is 45.2 Å². The lowest BCUT2D eigenvalue weighted by Crippen LogP contribution is -2.57. The standard InChI is InChI=1S/C16H30F3N5O2/c1-12(16(17,18)19)23-8-10-24(11-9-23)13(20-5)21-6-7-22-14(25)26-15(2,3)4/h12H,6-11H2,1-5H3,(H,20,21)(H,22,25). The summed E-state index contributed by atoms with van der Waals surface area (Å²) in [6.07, 6.45) is -4.71. The average molecular weight is 381 g/mol. The fourth-order valence-electron chi connectivity index (χ4n) is 2.51. The largest absolute Gasteiger partial charge is 0.444 e. The van der Waals surface area contributed by atoms with Crippen LogP contribution < -0.4 is 10.6 Å². The Morgan fingerprint density at radius 1 is 1.12 bits per heavy atom. The predicted octanol–water partition coefficient (Wildman–Crippen LogP) is 1.65. The summed E-state index contributed by atoms with van der Waals surface area (Å²) in [5.74, 6) is 0.607. The molecule has 0 radical (unpaired) electrons. The first kappa shape index (κ1) is 22.3. The first-order chi connectivity index (χ1) is 11.9. The van der Waals surface area contributed by atoms with Gasteiger partial charge in [0.05, 0.1) is 0 Å². The van der Waals surface area contributed by atoms with Crippen molar-refractivity contribution in [2.75, 3.05) is 46.3 Å². The highest BCUT2D eigenvalue weighted by molar-refractivity contribution is 5.80. The molecule has 10 heteroatoms. The molecule has 0 aromatic heterocycles. The van der Waals surface area contributed by atoms with Crippen molar-refractivity contribution in [2.45, 2.75) is 45.5 Å². The molecule has 0 bridgehead atoms. The van der Waals surface area contributed by atoms with Crippen LogP contribution in [0.1, 0.15) is 27.7 Å². The van der Waals surface area contributed by atoms with Crippen LogP contribution in [0.15, 0.2) is 4.99 Å². The molecule has 7 nitrogen and oxygen atoms in total. The zero-order valence-electron chi connectivity index (χ0n) is 16.1. The number of halogens is 3. The molecule has 1 rings (SSSR count). The number of alkyl carbamates (subject to hydrolysis) is 1. The van der Waals surface area contributed by atoms with Crippen LogP contribution in [0.3, 0.4) is 0 Å². The number of guanidine groups is 1. The maximum atomic E-state index is 12.8. The van der Waals surface area contributed by atoms with E-state index in [2.05, 4.69) is 15.6 Å². The minimum absolute atomic E-state index is 0.317. The molecule has 1 atom stereocenters. The van der Waals surface area contributed by atoms with Crippen LogP contribution in [0.4, 0.5) is 18.0 Å². The fraction of sp³-hybridized carbons (Fsp3) is 0.875. The highest BCUT2D eigenvalue weighted by Crippen LogP contribution is 2.25. The summed E-state index contributed by atoms with van der Waals surface area (Å²) in [7, 11) is 1.62. The van der Waals surface area contributed by atoms with Gasteiger partial charge in [-0.1, -0.05) is 0 Å². The quantitative estimate of drug-likeness (QED) is 0.440. The Morgan fingerprint density at radius 3 is 2.12 bits per heavy atom. The van der Waals surface area contributed by atoms with Crippen LogP contribution >= 0.6 is 0 Å². The molecule has 1 unspecified atom stereocenters. The Labute approximate surface area is 152 Å². The highest BCUT2D eigenvalue weighted by Gasteiger charge is 2.41. The van der Waals surface area contributed by atoms with E-state index in [-0.39, 0.29) is 0 Å². The molecule has 1 aliphatic heterocycles. The molecule has 26 heavy (non-hydrogen) atoms. The number of alkyl halides is 3. The van der Waals surface area contributed by atoms with Gasteiger partial charge in [-0.2, -0.15) is 13.2 Å². The Hall–Kier alpha value is -1.71. The van der Waals surface area contributed by atoms with Gasteiger partial charge in [-0.25, -0.2) is 4.79 Å². The van der Waals surface area contributed by atoms with Crippen LogP contribution in [0.2, 0.25) is 0 Å². The van der Waals surface area contributed by atoms with E-state index in [4.69, 9.17) is 4.74 Å². The average Bonchev–Trinajstić information content (AvgIpc) is 2.52. The lowest BCUT2D eigenvalue weighted by Gasteiger charge is -2.39. The number of piperazine rings is 1. The molecular formula is C16H30F3N5O2. The van der Waals surface area contributed by atoms with E-state index in [1.54, 1.807) is 27.8 Å². The molecule has 0 aromatic carbocycles. The van der Waals surface area contributed by atoms with Crippen molar-refractivity contribution in [1.29, 1.82) is 0 Å². The number of nitrogens with zero attached hydrogens (tertiary/aromatic N) is 3. The van der Waals surface area contributed by atoms with Crippen molar-refractivity contribution in [2.24, 2.45) is 4.99 Å². The molecule has 0 saturated carbocycles. The summed E-state index contributed by atoms with van der Waals surface area (Å²) >= 11 is 0. The Balaban J connectivity index is 2.35. The van der Waals surface area contributed by atoms with Gasteiger partial charge >= 0.3 is 12.3 Å². The number of carbonyl (C=O) groups is 1. The van der Waals surface area contributed by atoms with Crippen LogP contribution in [-0.4, -0.2) is 86.0 Å². The summed E-state index contributed by atoms with van der Waals surface area (Å²) in [6.45, 7) is 8.87. The second-order valence-electron chi connectivity index (χ2n) is 7.14. The number of rotatable bonds is 4. The van der Waals surface area contributed by atoms with E-state index in [1.807, 2.05) is 4.90 Å². The molecule has 0 spiro atoms. The van der Waals surface area contributed by atoms with Gasteiger partial charge in [-0.15, -0.1) is 0 Å². The molecule has 1 fully saturated rings. The molecular weight excluding hydrogens is 351 g/mol. The SMILES string of the molecule is CN=C(NCCNC(=O)OC(C)(C)C)N1CCN(C(C)C(F)(F)F)CC1. The number of nitrogens with one attached hydrogen (secondary N) is 2. The Bertz CT molecular complexity index is 483. The smallest absolute Gasteiger partial charge is 0.407 e. The molecule has 1 saturated heterocycles. The maximum Gasteiger partial charge on any atom is 0.407 e. The van der Waals surface area contributed by atoms with Gasteiger partial charge in [0.2, 0.25) is 0 Å². The van der Waals surface area contributed by atoms with Gasteiger partial charge in [0.25, 0.3) is 0 Å². The maximum absolute atomic E-state index is 12.8. The molecule has 1 heterocycles. The van der Waals surface area contributed by atoms with Crippen molar-refractivity contribution < 1.29 is 22.7 Å². The van der Waals surface area contributed by atoms with E-state index in [0.717, 1.165) is 0 Å². The van der Waals surface area contributed by atoms with Gasteiger partial charge in [0.15, 0.2) is 5.96 Å². The fourth-order valence-corrected chi connectivity index (χ4v) is 2.51. The van der Waals surface area contributed by atoms with Crippen LogP contribution in [0.25, 0.3) is 0 Å². The lowest BCUT2D eigenvalue weighted by molar-refractivity contribution is -0.181. The summed E-state index contributed by atoms with van der Waals surface area (Å²) in [5, 5.41) is 5.73. The topological polar surface area (TPSA) is 69.2 Å². The first-order valence-electron chi connectivity index (χ1n) is 8.67. The third-order valence-electron chi connectivity index (χ3n) is 3.92. The van der Waals surface area contributed by atoms with Crippen molar-refractivity contribution >= 4 is 12.1 Å². The van der Waals surface area contributed by atoms with Crippen LogP contribution in [-0.2, 0) is 4.74 Å². The van der Waals surface area contributed by atoms with Crippen LogP contribution in [0, 0.1) is 0 Å². The predicted molar refractivity (Wildman–Crippen MR) is 94.3 cm³/mol. The third-order valence-corrected chi connectivity index (χ3v) is 3.92. The third kappa shape index (κ3) is 7.67. The Kier molecular flexibility index (Phi) is 7.98. The minimum Gasteiger partial charge on any atom is -0.444 e. The van der Waals surface area contributed by atoms with Crippen molar-refractivity contribution in [3.8, 4) is 0 Å². The summed E-state index contributed by atoms with van der Waals surface area (Å²) < 4.78 is 43.5. The van der Waals surface area contributed by atoms with Crippen molar-refractivity contribution in [3.63, 3.8) is 0 Å².